The molecule has 1 aliphatic heterocycles. The monoisotopic (exact) mass is 132 g/mol. The molecule has 9 heavy (non-hydrogen) atoms. The summed E-state index contributed by atoms with van der Waals surface area (Å²) in [6.07, 6.45) is -1.87. The van der Waals surface area contributed by atoms with Crippen molar-refractivity contribution < 1.29 is 14.9 Å². The lowest BCUT2D eigenvalue weighted by atomic mass is 10.1. The maximum atomic E-state index is 9.06. The highest BCUT2D eigenvalue weighted by molar-refractivity contribution is 4.85. The Hall–Kier alpha value is -0.120. The molecule has 0 aromatic carbocycles. The number of rotatable bonds is 0. The summed E-state index contributed by atoms with van der Waals surface area (Å²) in [6.45, 7) is 3.49. The van der Waals surface area contributed by atoms with E-state index in [1.165, 1.54) is 0 Å². The highest BCUT2D eigenvalue weighted by Crippen LogP contribution is 2.19. The van der Waals surface area contributed by atoms with E-state index in [4.69, 9.17) is 14.9 Å². The minimum absolute atomic E-state index is 0.227. The summed E-state index contributed by atoms with van der Waals surface area (Å²) in [5.74, 6) is 0. The molecule has 3 nitrogen and oxygen atoms in total. The minimum atomic E-state index is -0.708. The quantitative estimate of drug-likeness (QED) is 0.468. The first-order chi connectivity index (χ1) is 4.13. The van der Waals surface area contributed by atoms with E-state index in [9.17, 15) is 0 Å². The van der Waals surface area contributed by atoms with Crippen LogP contribution in [0.1, 0.15) is 13.8 Å². The summed E-state index contributed by atoms with van der Waals surface area (Å²) >= 11 is 0. The first kappa shape index (κ1) is 6.99. The van der Waals surface area contributed by atoms with Crippen LogP contribution in [0.15, 0.2) is 0 Å². The molecule has 4 unspecified atom stereocenters. The van der Waals surface area contributed by atoms with E-state index < -0.39 is 12.2 Å². The SMILES string of the molecule is CC1OC(C)C(O)C1O. The zero-order valence-corrected chi connectivity index (χ0v) is 5.61. The molecule has 1 heterocycles. The van der Waals surface area contributed by atoms with Gasteiger partial charge in [0.05, 0.1) is 12.2 Å². The molecule has 4 atom stereocenters. The lowest BCUT2D eigenvalue weighted by Crippen LogP contribution is -2.30. The van der Waals surface area contributed by atoms with E-state index in [1.807, 2.05) is 0 Å². The van der Waals surface area contributed by atoms with E-state index in [0.29, 0.717) is 0 Å². The molecule has 0 aliphatic carbocycles. The van der Waals surface area contributed by atoms with Gasteiger partial charge in [0, 0.05) is 0 Å². The van der Waals surface area contributed by atoms with Crippen molar-refractivity contribution in [3.63, 3.8) is 0 Å². The van der Waals surface area contributed by atoms with Crippen LogP contribution < -0.4 is 0 Å². The number of aliphatic hydroxyl groups excluding tert-OH is 2. The van der Waals surface area contributed by atoms with Gasteiger partial charge in [0.15, 0.2) is 0 Å². The standard InChI is InChI=1S/C6H12O3/c1-3-5(7)6(8)4(2)9-3/h3-8H,1-2H3. The van der Waals surface area contributed by atoms with Crippen LogP contribution in [0.25, 0.3) is 0 Å². The summed E-state index contributed by atoms with van der Waals surface area (Å²) in [6, 6.07) is 0. The van der Waals surface area contributed by atoms with Crippen molar-refractivity contribution in [1.82, 2.24) is 0 Å². The zero-order valence-electron chi connectivity index (χ0n) is 5.61. The van der Waals surface area contributed by atoms with Gasteiger partial charge in [-0.3, -0.25) is 0 Å². The van der Waals surface area contributed by atoms with Crippen LogP contribution in [0.5, 0.6) is 0 Å². The number of hydrogen-bond acceptors (Lipinski definition) is 3. The first-order valence-corrected chi connectivity index (χ1v) is 3.14. The second kappa shape index (κ2) is 2.25. The third kappa shape index (κ3) is 1.08. The molecule has 1 rings (SSSR count). The molecule has 2 N–H and O–H groups in total. The van der Waals surface area contributed by atoms with Crippen LogP contribution in [-0.2, 0) is 4.74 Å². The summed E-state index contributed by atoms with van der Waals surface area (Å²) in [5, 5.41) is 18.1. The summed E-state index contributed by atoms with van der Waals surface area (Å²) < 4.78 is 5.09. The maximum Gasteiger partial charge on any atom is 0.108 e. The van der Waals surface area contributed by atoms with Crippen LogP contribution >= 0.6 is 0 Å². The predicted octanol–water partition coefficient (Wildman–Crippen LogP) is -0.485. The van der Waals surface area contributed by atoms with Gasteiger partial charge in [-0.1, -0.05) is 0 Å². The molecule has 0 saturated carbocycles. The van der Waals surface area contributed by atoms with Crippen molar-refractivity contribution >= 4 is 0 Å². The second-order valence-corrected chi connectivity index (χ2v) is 2.53. The van der Waals surface area contributed by atoms with Crippen molar-refractivity contribution in [1.29, 1.82) is 0 Å². The molecule has 1 aliphatic rings. The molecule has 0 aromatic rings. The van der Waals surface area contributed by atoms with Crippen molar-refractivity contribution in [2.45, 2.75) is 38.3 Å². The summed E-state index contributed by atoms with van der Waals surface area (Å²) in [4.78, 5) is 0. The molecule has 3 heteroatoms. The van der Waals surface area contributed by atoms with Crippen molar-refractivity contribution in [3.05, 3.63) is 0 Å². The maximum absolute atomic E-state index is 9.06. The molecule has 0 spiro atoms. The molecular weight excluding hydrogens is 120 g/mol. The highest BCUT2D eigenvalue weighted by Gasteiger charge is 2.36. The van der Waals surface area contributed by atoms with Gasteiger partial charge in [-0.05, 0) is 13.8 Å². The van der Waals surface area contributed by atoms with Gasteiger partial charge in [-0.2, -0.15) is 0 Å². The first-order valence-electron chi connectivity index (χ1n) is 3.14. The van der Waals surface area contributed by atoms with E-state index in [-0.39, 0.29) is 12.2 Å². The number of hydrogen-bond donors (Lipinski definition) is 2. The lowest BCUT2D eigenvalue weighted by molar-refractivity contribution is 0.0281. The van der Waals surface area contributed by atoms with E-state index in [2.05, 4.69) is 0 Å². The van der Waals surface area contributed by atoms with Gasteiger partial charge in [0.25, 0.3) is 0 Å². The van der Waals surface area contributed by atoms with Gasteiger partial charge in [0.2, 0.25) is 0 Å². The average molecular weight is 132 g/mol. The van der Waals surface area contributed by atoms with E-state index in [1.54, 1.807) is 13.8 Å². The van der Waals surface area contributed by atoms with Gasteiger partial charge in [-0.25, -0.2) is 0 Å². The van der Waals surface area contributed by atoms with Gasteiger partial charge in [0.1, 0.15) is 12.2 Å². The molecule has 0 aromatic heterocycles. The van der Waals surface area contributed by atoms with Gasteiger partial charge >= 0.3 is 0 Å². The summed E-state index contributed by atoms with van der Waals surface area (Å²) in [5.41, 5.74) is 0. The van der Waals surface area contributed by atoms with Crippen LogP contribution in [0.2, 0.25) is 0 Å². The van der Waals surface area contributed by atoms with Crippen LogP contribution in [0.4, 0.5) is 0 Å². The fraction of sp³-hybridized carbons (Fsp3) is 1.00. The minimum Gasteiger partial charge on any atom is -0.388 e. The van der Waals surface area contributed by atoms with E-state index >= 15 is 0 Å². The van der Waals surface area contributed by atoms with Crippen molar-refractivity contribution in [3.8, 4) is 0 Å². The Kier molecular flexibility index (Phi) is 1.75. The smallest absolute Gasteiger partial charge is 0.108 e. The Labute approximate surface area is 54.3 Å². The molecule has 0 radical (unpaired) electrons. The molecule has 0 amide bonds. The molecule has 1 saturated heterocycles. The zero-order chi connectivity index (χ0) is 7.02. The van der Waals surface area contributed by atoms with E-state index in [0.717, 1.165) is 0 Å². The largest absolute Gasteiger partial charge is 0.388 e. The normalized spacial score (nSPS) is 52.0. The number of aliphatic hydroxyl groups is 2. The molecule has 54 valence electrons. The highest BCUT2D eigenvalue weighted by atomic mass is 16.5. The van der Waals surface area contributed by atoms with Crippen molar-refractivity contribution in [2.24, 2.45) is 0 Å². The fourth-order valence-electron chi connectivity index (χ4n) is 1.05. The molecule has 0 bridgehead atoms. The second-order valence-electron chi connectivity index (χ2n) is 2.53. The Balaban J connectivity index is 2.54. The van der Waals surface area contributed by atoms with Crippen LogP contribution in [-0.4, -0.2) is 34.6 Å². The molecule has 1 fully saturated rings. The topological polar surface area (TPSA) is 49.7 Å². The lowest BCUT2D eigenvalue weighted by Gasteiger charge is -2.08. The van der Waals surface area contributed by atoms with Crippen molar-refractivity contribution in [2.75, 3.05) is 0 Å². The third-order valence-electron chi connectivity index (χ3n) is 1.74. The predicted molar refractivity (Wildman–Crippen MR) is 32.0 cm³/mol. The van der Waals surface area contributed by atoms with Crippen LogP contribution in [0, 0.1) is 0 Å². The van der Waals surface area contributed by atoms with Gasteiger partial charge in [-0.15, -0.1) is 0 Å². The fourth-order valence-corrected chi connectivity index (χ4v) is 1.05. The Morgan fingerprint density at radius 1 is 1.00 bits per heavy atom. The third-order valence-corrected chi connectivity index (χ3v) is 1.74. The molecular formula is C6H12O3. The Morgan fingerprint density at radius 3 is 1.44 bits per heavy atom. The Morgan fingerprint density at radius 2 is 1.33 bits per heavy atom. The average Bonchev–Trinajstić information content (AvgIpc) is 1.98. The summed E-state index contributed by atoms with van der Waals surface area (Å²) in [7, 11) is 0. The Bertz CT molecular complexity index is 92.5. The number of ether oxygens (including phenoxy) is 1. The van der Waals surface area contributed by atoms with Crippen LogP contribution in [0.3, 0.4) is 0 Å². The van der Waals surface area contributed by atoms with Gasteiger partial charge < -0.3 is 14.9 Å².